The molecule has 2 aromatic rings. The maximum Gasteiger partial charge on any atom is 0.193 e. The van der Waals surface area contributed by atoms with Gasteiger partial charge in [0, 0.05) is 24.3 Å². The maximum atomic E-state index is 12.3. The van der Waals surface area contributed by atoms with Crippen molar-refractivity contribution >= 4 is 5.78 Å². The second-order valence-corrected chi connectivity index (χ2v) is 5.20. The van der Waals surface area contributed by atoms with E-state index in [0.29, 0.717) is 5.92 Å². The Kier molecular flexibility index (Phi) is 3.93. The van der Waals surface area contributed by atoms with E-state index in [2.05, 4.69) is 12.1 Å². The first-order chi connectivity index (χ1) is 9.84. The van der Waals surface area contributed by atoms with E-state index in [9.17, 15) is 4.79 Å². The lowest BCUT2D eigenvalue weighted by Gasteiger charge is -2.22. The van der Waals surface area contributed by atoms with Crippen LogP contribution in [0.5, 0.6) is 0 Å². The summed E-state index contributed by atoms with van der Waals surface area (Å²) >= 11 is 0. The van der Waals surface area contributed by atoms with Gasteiger partial charge in [0.1, 0.15) is 0 Å². The number of ketones is 1. The van der Waals surface area contributed by atoms with Gasteiger partial charge in [-0.3, -0.25) is 4.79 Å². The van der Waals surface area contributed by atoms with Gasteiger partial charge < -0.3 is 4.74 Å². The summed E-state index contributed by atoms with van der Waals surface area (Å²) in [6.07, 6.45) is 2.15. The zero-order valence-electron chi connectivity index (χ0n) is 11.4. The van der Waals surface area contributed by atoms with E-state index < -0.39 is 0 Å². The van der Waals surface area contributed by atoms with Crippen molar-refractivity contribution < 1.29 is 9.53 Å². The van der Waals surface area contributed by atoms with E-state index in [1.807, 2.05) is 42.5 Å². The molecule has 0 saturated carbocycles. The summed E-state index contributed by atoms with van der Waals surface area (Å²) in [5, 5.41) is 0. The molecule has 0 atom stereocenters. The first-order valence-electron chi connectivity index (χ1n) is 7.12. The third-order valence-corrected chi connectivity index (χ3v) is 3.90. The Morgan fingerprint density at radius 3 is 2.10 bits per heavy atom. The summed E-state index contributed by atoms with van der Waals surface area (Å²) in [7, 11) is 0. The van der Waals surface area contributed by atoms with E-state index in [1.54, 1.807) is 0 Å². The van der Waals surface area contributed by atoms with Crippen molar-refractivity contribution in [1.29, 1.82) is 0 Å². The molecule has 1 aliphatic rings. The molecule has 0 spiro atoms. The highest BCUT2D eigenvalue weighted by atomic mass is 16.5. The van der Waals surface area contributed by atoms with Gasteiger partial charge in [-0.05, 0) is 24.3 Å². The van der Waals surface area contributed by atoms with Gasteiger partial charge in [-0.25, -0.2) is 0 Å². The lowest BCUT2D eigenvalue weighted by Crippen LogP contribution is -2.14. The molecule has 0 radical (unpaired) electrons. The van der Waals surface area contributed by atoms with E-state index >= 15 is 0 Å². The van der Waals surface area contributed by atoms with E-state index in [0.717, 1.165) is 37.2 Å². The molecule has 20 heavy (non-hydrogen) atoms. The van der Waals surface area contributed by atoms with Gasteiger partial charge in [-0.1, -0.05) is 54.6 Å². The largest absolute Gasteiger partial charge is 0.381 e. The predicted molar refractivity (Wildman–Crippen MR) is 79.1 cm³/mol. The van der Waals surface area contributed by atoms with Crippen LogP contribution in [0.3, 0.4) is 0 Å². The van der Waals surface area contributed by atoms with Gasteiger partial charge >= 0.3 is 0 Å². The third kappa shape index (κ3) is 2.81. The first kappa shape index (κ1) is 13.1. The lowest BCUT2D eigenvalue weighted by molar-refractivity contribution is 0.0853. The van der Waals surface area contributed by atoms with Crippen LogP contribution < -0.4 is 0 Å². The van der Waals surface area contributed by atoms with Crippen LogP contribution in [-0.4, -0.2) is 19.0 Å². The number of hydrogen-bond donors (Lipinski definition) is 0. The molecular weight excluding hydrogens is 248 g/mol. The highest BCUT2D eigenvalue weighted by Gasteiger charge is 2.16. The minimum absolute atomic E-state index is 0.0872. The molecule has 0 aromatic heterocycles. The number of hydrogen-bond acceptors (Lipinski definition) is 2. The monoisotopic (exact) mass is 266 g/mol. The summed E-state index contributed by atoms with van der Waals surface area (Å²) in [4.78, 5) is 12.3. The molecule has 1 heterocycles. The fourth-order valence-corrected chi connectivity index (χ4v) is 2.69. The molecule has 0 amide bonds. The third-order valence-electron chi connectivity index (χ3n) is 3.90. The summed E-state index contributed by atoms with van der Waals surface area (Å²) in [5.74, 6) is 0.661. The molecule has 0 aliphatic carbocycles. The SMILES string of the molecule is O=C(c1ccccc1)c1ccc(C2CCOCC2)cc1. The minimum atomic E-state index is 0.0872. The van der Waals surface area contributed by atoms with Gasteiger partial charge in [0.2, 0.25) is 0 Å². The quantitative estimate of drug-likeness (QED) is 0.790. The second kappa shape index (κ2) is 6.02. The van der Waals surface area contributed by atoms with E-state index in [1.165, 1.54) is 5.56 Å². The van der Waals surface area contributed by atoms with Gasteiger partial charge in [-0.2, -0.15) is 0 Å². The Labute approximate surface area is 119 Å². The van der Waals surface area contributed by atoms with Crippen LogP contribution >= 0.6 is 0 Å². The number of carbonyl (C=O) groups is 1. The normalized spacial score (nSPS) is 16.0. The number of ether oxygens (including phenoxy) is 1. The smallest absolute Gasteiger partial charge is 0.193 e. The van der Waals surface area contributed by atoms with Crippen LogP contribution in [0.4, 0.5) is 0 Å². The van der Waals surface area contributed by atoms with E-state index in [4.69, 9.17) is 4.74 Å². The molecule has 0 bridgehead atoms. The van der Waals surface area contributed by atoms with Crippen LogP contribution in [0.2, 0.25) is 0 Å². The van der Waals surface area contributed by atoms with Crippen LogP contribution in [-0.2, 0) is 4.74 Å². The second-order valence-electron chi connectivity index (χ2n) is 5.20. The number of rotatable bonds is 3. The molecule has 2 aromatic carbocycles. The number of carbonyl (C=O) groups excluding carboxylic acids is 1. The van der Waals surface area contributed by atoms with Crippen LogP contribution in [0.1, 0.15) is 40.2 Å². The molecule has 102 valence electrons. The topological polar surface area (TPSA) is 26.3 Å². The standard InChI is InChI=1S/C18H18O2/c19-18(16-4-2-1-3-5-16)17-8-6-14(7-9-17)15-10-12-20-13-11-15/h1-9,15H,10-13H2. The van der Waals surface area contributed by atoms with Crippen molar-refractivity contribution in [2.45, 2.75) is 18.8 Å². The Morgan fingerprint density at radius 1 is 0.850 bits per heavy atom. The Morgan fingerprint density at radius 2 is 1.45 bits per heavy atom. The zero-order valence-corrected chi connectivity index (χ0v) is 11.4. The molecule has 0 N–H and O–H groups in total. The highest BCUT2D eigenvalue weighted by Crippen LogP contribution is 2.27. The summed E-state index contributed by atoms with van der Waals surface area (Å²) in [5.41, 5.74) is 2.82. The predicted octanol–water partition coefficient (Wildman–Crippen LogP) is 3.81. The fourth-order valence-electron chi connectivity index (χ4n) is 2.69. The maximum absolute atomic E-state index is 12.3. The molecule has 1 aliphatic heterocycles. The Hall–Kier alpha value is -1.93. The van der Waals surface area contributed by atoms with Crippen molar-refractivity contribution in [1.82, 2.24) is 0 Å². The van der Waals surface area contributed by atoms with Crippen LogP contribution in [0.25, 0.3) is 0 Å². The Bertz CT molecular complexity index is 566. The van der Waals surface area contributed by atoms with Gasteiger partial charge in [0.15, 0.2) is 5.78 Å². The van der Waals surface area contributed by atoms with E-state index in [-0.39, 0.29) is 5.78 Å². The van der Waals surface area contributed by atoms with Crippen molar-refractivity contribution in [2.75, 3.05) is 13.2 Å². The summed E-state index contributed by atoms with van der Waals surface area (Å²) in [6, 6.07) is 17.5. The minimum Gasteiger partial charge on any atom is -0.381 e. The molecule has 2 heteroatoms. The molecule has 3 rings (SSSR count). The zero-order chi connectivity index (χ0) is 13.8. The highest BCUT2D eigenvalue weighted by molar-refractivity contribution is 6.08. The number of benzene rings is 2. The average Bonchev–Trinajstić information content (AvgIpc) is 2.56. The van der Waals surface area contributed by atoms with Crippen molar-refractivity contribution in [3.63, 3.8) is 0 Å². The van der Waals surface area contributed by atoms with Crippen LogP contribution in [0, 0.1) is 0 Å². The van der Waals surface area contributed by atoms with Gasteiger partial charge in [-0.15, -0.1) is 0 Å². The van der Waals surface area contributed by atoms with Crippen molar-refractivity contribution in [3.8, 4) is 0 Å². The van der Waals surface area contributed by atoms with Crippen molar-refractivity contribution in [3.05, 3.63) is 71.3 Å². The Balaban J connectivity index is 1.77. The lowest BCUT2D eigenvalue weighted by atomic mass is 9.90. The molecule has 2 nitrogen and oxygen atoms in total. The van der Waals surface area contributed by atoms with Crippen LogP contribution in [0.15, 0.2) is 54.6 Å². The average molecular weight is 266 g/mol. The fraction of sp³-hybridized carbons (Fsp3) is 0.278. The molecular formula is C18H18O2. The summed E-state index contributed by atoms with van der Waals surface area (Å²) in [6.45, 7) is 1.69. The molecule has 0 unspecified atom stereocenters. The molecule has 1 fully saturated rings. The summed E-state index contributed by atoms with van der Waals surface area (Å²) < 4.78 is 5.39. The first-order valence-corrected chi connectivity index (χ1v) is 7.12. The molecule has 1 saturated heterocycles. The van der Waals surface area contributed by atoms with Gasteiger partial charge in [0.25, 0.3) is 0 Å². The van der Waals surface area contributed by atoms with Crippen molar-refractivity contribution in [2.24, 2.45) is 0 Å². The van der Waals surface area contributed by atoms with Gasteiger partial charge in [0.05, 0.1) is 0 Å².